The molecule has 0 bridgehead atoms. The zero-order valence-corrected chi connectivity index (χ0v) is 19.6. The number of methoxy groups -OCH3 is 3. The van der Waals surface area contributed by atoms with Gasteiger partial charge in [-0.25, -0.2) is 0 Å². The molecule has 0 saturated heterocycles. The summed E-state index contributed by atoms with van der Waals surface area (Å²) in [5, 5.41) is 2.96. The Kier molecular flexibility index (Phi) is 8.44. The van der Waals surface area contributed by atoms with Gasteiger partial charge in [0.1, 0.15) is 5.69 Å². The lowest BCUT2D eigenvalue weighted by Crippen LogP contribution is -2.35. The molecule has 1 aliphatic rings. The predicted molar refractivity (Wildman–Crippen MR) is 130 cm³/mol. The van der Waals surface area contributed by atoms with E-state index in [1.165, 1.54) is 20.1 Å². The van der Waals surface area contributed by atoms with Gasteiger partial charge in [0.2, 0.25) is 17.1 Å². The van der Waals surface area contributed by atoms with Crippen LogP contribution in [0, 0.1) is 0 Å². The van der Waals surface area contributed by atoms with Gasteiger partial charge in [-0.3, -0.25) is 20.4 Å². The highest BCUT2D eigenvalue weighted by molar-refractivity contribution is 7.80. The van der Waals surface area contributed by atoms with Crippen LogP contribution >= 0.6 is 12.2 Å². The van der Waals surface area contributed by atoms with E-state index in [0.717, 1.165) is 16.7 Å². The quantitative estimate of drug-likeness (QED) is 0.355. The SMILES string of the molecule is COc1cc2c(c(OC)c1OC)-c1ccc(NNC(N)=S)c(=O)cc1[C@@H](NC(C)=O)CC2.O. The zero-order chi connectivity index (χ0) is 23.4. The molecule has 0 aromatic heterocycles. The number of fused-ring (bicyclic) bond motifs is 3. The Labute approximate surface area is 196 Å². The highest BCUT2D eigenvalue weighted by atomic mass is 32.1. The third-order valence-electron chi connectivity index (χ3n) is 5.24. The van der Waals surface area contributed by atoms with E-state index in [2.05, 4.69) is 16.2 Å². The molecule has 0 heterocycles. The molecule has 0 radical (unpaired) electrons. The molecule has 7 N–H and O–H groups in total. The van der Waals surface area contributed by atoms with Gasteiger partial charge in [0, 0.05) is 12.5 Å². The van der Waals surface area contributed by atoms with Gasteiger partial charge in [0.15, 0.2) is 16.6 Å². The fourth-order valence-electron chi connectivity index (χ4n) is 3.94. The lowest BCUT2D eigenvalue weighted by Gasteiger charge is -2.19. The number of hydrogen-bond acceptors (Lipinski definition) is 7. The molecule has 1 amide bonds. The smallest absolute Gasteiger partial charge is 0.217 e. The molecule has 3 rings (SSSR count). The van der Waals surface area contributed by atoms with Crippen LogP contribution in [0.5, 0.6) is 17.2 Å². The number of carbonyl (C=O) groups excluding carboxylic acids is 1. The van der Waals surface area contributed by atoms with Gasteiger partial charge in [-0.05, 0) is 59.9 Å². The summed E-state index contributed by atoms with van der Waals surface area (Å²) in [6, 6.07) is 6.45. The van der Waals surface area contributed by atoms with E-state index in [9.17, 15) is 9.59 Å². The van der Waals surface area contributed by atoms with Gasteiger partial charge in [0.05, 0.1) is 27.4 Å². The molecule has 33 heavy (non-hydrogen) atoms. The average Bonchev–Trinajstić information content (AvgIpc) is 2.99. The van der Waals surface area contributed by atoms with Crippen molar-refractivity contribution in [2.45, 2.75) is 25.8 Å². The monoisotopic (exact) mass is 476 g/mol. The maximum atomic E-state index is 13.0. The van der Waals surface area contributed by atoms with E-state index < -0.39 is 0 Å². The number of hydrogen-bond donors (Lipinski definition) is 4. The van der Waals surface area contributed by atoms with Crippen LogP contribution in [0.2, 0.25) is 0 Å². The largest absolute Gasteiger partial charge is 0.493 e. The number of hydrazine groups is 1. The van der Waals surface area contributed by atoms with Gasteiger partial charge < -0.3 is 30.7 Å². The summed E-state index contributed by atoms with van der Waals surface area (Å²) < 4.78 is 16.8. The third kappa shape index (κ3) is 5.26. The average molecular weight is 477 g/mol. The lowest BCUT2D eigenvalue weighted by molar-refractivity contribution is -0.119. The molecule has 0 spiro atoms. The molecule has 0 unspecified atom stereocenters. The van der Waals surface area contributed by atoms with Crippen LogP contribution in [0.4, 0.5) is 5.69 Å². The molecule has 0 fully saturated rings. The summed E-state index contributed by atoms with van der Waals surface area (Å²) in [6.45, 7) is 1.45. The molecular formula is C22H28N4O6S. The molecule has 2 aromatic rings. The minimum Gasteiger partial charge on any atom is -0.493 e. The molecule has 0 saturated carbocycles. The van der Waals surface area contributed by atoms with Crippen molar-refractivity contribution in [3.05, 3.63) is 45.6 Å². The minimum absolute atomic E-state index is 0. The maximum absolute atomic E-state index is 13.0. The fraction of sp³-hybridized carbons (Fsp3) is 0.318. The second kappa shape index (κ2) is 10.8. The van der Waals surface area contributed by atoms with Gasteiger partial charge in [0.25, 0.3) is 0 Å². The second-order valence-corrected chi connectivity index (χ2v) is 7.65. The Bertz CT molecular complexity index is 1120. The normalized spacial score (nSPS) is 13.8. The van der Waals surface area contributed by atoms with Crippen LogP contribution in [-0.2, 0) is 11.2 Å². The number of rotatable bonds is 6. The Balaban J connectivity index is 0.00000385. The molecule has 11 heteroatoms. The van der Waals surface area contributed by atoms with Crippen LogP contribution in [0.3, 0.4) is 0 Å². The van der Waals surface area contributed by atoms with E-state index in [4.69, 9.17) is 32.2 Å². The van der Waals surface area contributed by atoms with E-state index >= 15 is 0 Å². The number of anilines is 1. The van der Waals surface area contributed by atoms with Crippen LogP contribution in [0.15, 0.2) is 29.1 Å². The molecular weight excluding hydrogens is 448 g/mol. The van der Waals surface area contributed by atoms with Crippen LogP contribution < -0.4 is 41.5 Å². The standard InChI is InChI=1S/C22H26N4O5S.H2O/c1-11(27)24-15-7-5-12-9-18(29-2)20(30-3)21(31-4)19(12)13-6-8-16(25-26-22(23)32)17(28)10-14(13)15;/h6,8-10,15H,5,7H2,1-4H3,(H,24,27)(H,25,28)(H3,23,26,32);1H2/t15-;/m0./s1. The first-order chi connectivity index (χ1) is 15.3. The number of nitrogens with one attached hydrogen (secondary N) is 3. The van der Waals surface area contributed by atoms with Gasteiger partial charge >= 0.3 is 0 Å². The Hall–Kier alpha value is -3.57. The second-order valence-electron chi connectivity index (χ2n) is 7.21. The number of thiocarbonyl (C=S) groups is 1. The van der Waals surface area contributed by atoms with E-state index in [0.29, 0.717) is 35.7 Å². The van der Waals surface area contributed by atoms with Crippen LogP contribution in [0.1, 0.15) is 30.5 Å². The van der Waals surface area contributed by atoms with Gasteiger partial charge in [-0.2, -0.15) is 0 Å². The van der Waals surface area contributed by atoms with Crippen molar-refractivity contribution < 1.29 is 24.5 Å². The van der Waals surface area contributed by atoms with Crippen molar-refractivity contribution in [2.75, 3.05) is 26.8 Å². The maximum Gasteiger partial charge on any atom is 0.217 e. The van der Waals surface area contributed by atoms with E-state index in [1.54, 1.807) is 26.4 Å². The zero-order valence-electron chi connectivity index (χ0n) is 18.8. The fourth-order valence-corrected chi connectivity index (χ4v) is 3.99. The Morgan fingerprint density at radius 3 is 2.39 bits per heavy atom. The summed E-state index contributed by atoms with van der Waals surface area (Å²) in [5.41, 5.74) is 13.8. The minimum atomic E-state index is -0.381. The topological polar surface area (TPSA) is 155 Å². The highest BCUT2D eigenvalue weighted by Gasteiger charge is 2.29. The number of benzene rings is 1. The number of carbonyl (C=O) groups is 1. The van der Waals surface area contributed by atoms with Crippen molar-refractivity contribution in [3.63, 3.8) is 0 Å². The molecule has 0 aliphatic heterocycles. The van der Waals surface area contributed by atoms with Gasteiger partial charge in [-0.1, -0.05) is 6.07 Å². The number of nitrogens with two attached hydrogens (primary N) is 1. The molecule has 1 aliphatic carbocycles. The molecule has 1 atom stereocenters. The first-order valence-corrected chi connectivity index (χ1v) is 10.3. The predicted octanol–water partition coefficient (Wildman–Crippen LogP) is 1.20. The Morgan fingerprint density at radius 2 is 1.82 bits per heavy atom. The molecule has 10 nitrogen and oxygen atoms in total. The summed E-state index contributed by atoms with van der Waals surface area (Å²) in [7, 11) is 4.65. The number of aryl methyl sites for hydroxylation is 1. The van der Waals surface area contributed by atoms with Crippen molar-refractivity contribution in [1.82, 2.24) is 10.7 Å². The van der Waals surface area contributed by atoms with Crippen molar-refractivity contribution >= 4 is 28.9 Å². The van der Waals surface area contributed by atoms with Gasteiger partial charge in [-0.15, -0.1) is 0 Å². The highest BCUT2D eigenvalue weighted by Crippen LogP contribution is 2.50. The van der Waals surface area contributed by atoms with Crippen LogP contribution in [-0.4, -0.2) is 37.8 Å². The summed E-state index contributed by atoms with van der Waals surface area (Å²) in [4.78, 5) is 24.9. The molecule has 2 aromatic carbocycles. The summed E-state index contributed by atoms with van der Waals surface area (Å²) in [6.07, 6.45) is 1.20. The third-order valence-corrected chi connectivity index (χ3v) is 5.34. The number of ether oxygens (including phenoxy) is 3. The first kappa shape index (κ1) is 25.7. The Morgan fingerprint density at radius 1 is 1.12 bits per heavy atom. The van der Waals surface area contributed by atoms with Crippen molar-refractivity contribution in [1.29, 1.82) is 0 Å². The molecule has 178 valence electrons. The van der Waals surface area contributed by atoms with E-state index in [1.807, 2.05) is 6.07 Å². The van der Waals surface area contributed by atoms with E-state index in [-0.39, 0.29) is 33.7 Å². The summed E-state index contributed by atoms with van der Waals surface area (Å²) in [5.74, 6) is 1.28. The van der Waals surface area contributed by atoms with Crippen molar-refractivity contribution in [2.24, 2.45) is 5.73 Å². The van der Waals surface area contributed by atoms with Crippen molar-refractivity contribution in [3.8, 4) is 28.4 Å². The lowest BCUT2D eigenvalue weighted by atomic mass is 9.95. The van der Waals surface area contributed by atoms with Crippen LogP contribution in [0.25, 0.3) is 11.1 Å². The summed E-state index contributed by atoms with van der Waals surface area (Å²) >= 11 is 4.80. The first-order valence-electron chi connectivity index (χ1n) is 9.89. The number of amides is 1.